The van der Waals surface area contributed by atoms with Gasteiger partial charge in [0, 0.05) is 24.8 Å². The van der Waals surface area contributed by atoms with Crippen LogP contribution in [-0.2, 0) is 0 Å². The molecule has 0 heterocycles. The Morgan fingerprint density at radius 1 is 1.33 bits per heavy atom. The molecule has 0 spiro atoms. The summed E-state index contributed by atoms with van der Waals surface area (Å²) in [6.07, 6.45) is 0.878. The summed E-state index contributed by atoms with van der Waals surface area (Å²) in [4.78, 5) is 2.17. The average Bonchev–Trinajstić information content (AvgIpc) is 2.44. The monoisotopic (exact) mass is 252 g/mol. The van der Waals surface area contributed by atoms with Crippen LogP contribution in [0.25, 0.3) is 0 Å². The molecule has 2 N–H and O–H groups in total. The summed E-state index contributed by atoms with van der Waals surface area (Å²) in [7, 11) is 5.59. The first-order valence-electron chi connectivity index (χ1n) is 6.19. The standard InChI is InChI=1S/C14H24N2O2/c1-14(11-17,15-2)9-10-16(3)12-5-7-13(18-4)8-6-12/h5-8,15,17H,9-11H2,1-4H3. The Bertz CT molecular complexity index is 347. The first-order chi connectivity index (χ1) is 8.54. The van der Waals surface area contributed by atoms with Gasteiger partial charge in [-0.15, -0.1) is 0 Å². The zero-order chi connectivity index (χ0) is 13.6. The van der Waals surface area contributed by atoms with Gasteiger partial charge in [-0.2, -0.15) is 0 Å². The fraction of sp³-hybridized carbons (Fsp3) is 0.571. The Labute approximate surface area is 110 Å². The van der Waals surface area contributed by atoms with Crippen LogP contribution < -0.4 is 15.0 Å². The SMILES string of the molecule is CNC(C)(CO)CCN(C)c1ccc(OC)cc1. The van der Waals surface area contributed by atoms with E-state index in [0.29, 0.717) is 0 Å². The molecule has 0 aliphatic carbocycles. The number of likely N-dealkylation sites (N-methyl/N-ethyl adjacent to an activating group) is 1. The highest BCUT2D eigenvalue weighted by Crippen LogP contribution is 2.19. The minimum absolute atomic E-state index is 0.139. The molecule has 0 bridgehead atoms. The molecule has 1 aromatic carbocycles. The van der Waals surface area contributed by atoms with E-state index in [1.165, 1.54) is 0 Å². The van der Waals surface area contributed by atoms with E-state index in [1.54, 1.807) is 7.11 Å². The number of nitrogens with one attached hydrogen (secondary N) is 1. The van der Waals surface area contributed by atoms with Crippen LogP contribution in [0.3, 0.4) is 0 Å². The fourth-order valence-corrected chi connectivity index (χ4v) is 1.66. The zero-order valence-electron chi connectivity index (χ0n) is 11.7. The molecule has 1 aromatic rings. The Morgan fingerprint density at radius 2 is 1.94 bits per heavy atom. The molecule has 0 amide bonds. The van der Waals surface area contributed by atoms with Gasteiger partial charge in [0.15, 0.2) is 0 Å². The van der Waals surface area contributed by atoms with E-state index in [2.05, 4.69) is 17.3 Å². The molecule has 1 unspecified atom stereocenters. The van der Waals surface area contributed by atoms with E-state index in [9.17, 15) is 5.11 Å². The van der Waals surface area contributed by atoms with E-state index in [0.717, 1.165) is 24.4 Å². The van der Waals surface area contributed by atoms with Crippen molar-refractivity contribution in [3.63, 3.8) is 0 Å². The number of rotatable bonds is 7. The van der Waals surface area contributed by atoms with Crippen LogP contribution in [0, 0.1) is 0 Å². The van der Waals surface area contributed by atoms with Crippen molar-refractivity contribution in [1.29, 1.82) is 0 Å². The van der Waals surface area contributed by atoms with Crippen LogP contribution >= 0.6 is 0 Å². The second-order valence-electron chi connectivity index (χ2n) is 4.84. The lowest BCUT2D eigenvalue weighted by molar-refractivity contribution is 0.175. The maximum absolute atomic E-state index is 9.34. The Balaban J connectivity index is 2.56. The average molecular weight is 252 g/mol. The predicted octanol–water partition coefficient (Wildman–Crippen LogP) is 1.49. The first-order valence-corrected chi connectivity index (χ1v) is 6.19. The number of aliphatic hydroxyl groups is 1. The van der Waals surface area contributed by atoms with Gasteiger partial charge in [-0.25, -0.2) is 0 Å². The Hall–Kier alpha value is -1.26. The van der Waals surface area contributed by atoms with E-state index < -0.39 is 0 Å². The van der Waals surface area contributed by atoms with Crippen molar-refractivity contribution < 1.29 is 9.84 Å². The molecule has 4 heteroatoms. The van der Waals surface area contributed by atoms with Crippen LogP contribution in [0.1, 0.15) is 13.3 Å². The fourth-order valence-electron chi connectivity index (χ4n) is 1.66. The Kier molecular flexibility index (Phi) is 5.44. The van der Waals surface area contributed by atoms with Crippen LogP contribution in [0.4, 0.5) is 5.69 Å². The summed E-state index contributed by atoms with van der Waals surface area (Å²) in [5, 5.41) is 12.5. The molecule has 0 radical (unpaired) electrons. The lowest BCUT2D eigenvalue weighted by Gasteiger charge is -2.30. The molecule has 102 valence electrons. The zero-order valence-corrected chi connectivity index (χ0v) is 11.7. The molecular weight excluding hydrogens is 228 g/mol. The second-order valence-corrected chi connectivity index (χ2v) is 4.84. The van der Waals surface area contributed by atoms with E-state index >= 15 is 0 Å². The summed E-state index contributed by atoms with van der Waals surface area (Å²) >= 11 is 0. The lowest BCUT2D eigenvalue weighted by Crippen LogP contribution is -2.45. The smallest absolute Gasteiger partial charge is 0.119 e. The molecule has 0 aliphatic heterocycles. The molecule has 1 atom stereocenters. The molecule has 0 fully saturated rings. The van der Waals surface area contributed by atoms with Crippen LogP contribution in [0.5, 0.6) is 5.75 Å². The third-order valence-corrected chi connectivity index (χ3v) is 3.46. The molecule has 0 aromatic heterocycles. The highest BCUT2D eigenvalue weighted by Gasteiger charge is 2.20. The van der Waals surface area contributed by atoms with Crippen molar-refractivity contribution in [2.45, 2.75) is 18.9 Å². The van der Waals surface area contributed by atoms with E-state index in [1.807, 2.05) is 38.2 Å². The number of nitrogens with zero attached hydrogens (tertiary/aromatic N) is 1. The summed E-state index contributed by atoms with van der Waals surface area (Å²) in [6.45, 7) is 3.04. The van der Waals surface area contributed by atoms with Crippen molar-refractivity contribution in [3.05, 3.63) is 24.3 Å². The van der Waals surface area contributed by atoms with Gasteiger partial charge in [-0.3, -0.25) is 0 Å². The van der Waals surface area contributed by atoms with Crippen molar-refractivity contribution >= 4 is 5.69 Å². The lowest BCUT2D eigenvalue weighted by atomic mass is 9.99. The summed E-state index contributed by atoms with van der Waals surface area (Å²) < 4.78 is 5.14. The normalized spacial score (nSPS) is 14.1. The van der Waals surface area contributed by atoms with Gasteiger partial charge in [0.2, 0.25) is 0 Å². The highest BCUT2D eigenvalue weighted by molar-refractivity contribution is 5.48. The second kappa shape index (κ2) is 6.61. The number of benzene rings is 1. The van der Waals surface area contributed by atoms with Crippen molar-refractivity contribution in [3.8, 4) is 5.75 Å². The third-order valence-electron chi connectivity index (χ3n) is 3.46. The van der Waals surface area contributed by atoms with Gasteiger partial charge in [-0.1, -0.05) is 0 Å². The number of methoxy groups -OCH3 is 1. The van der Waals surface area contributed by atoms with Crippen LogP contribution in [0.2, 0.25) is 0 Å². The highest BCUT2D eigenvalue weighted by atomic mass is 16.5. The van der Waals surface area contributed by atoms with Crippen LogP contribution in [-0.4, -0.2) is 45.0 Å². The quantitative estimate of drug-likeness (QED) is 0.772. The number of ether oxygens (including phenoxy) is 1. The topological polar surface area (TPSA) is 44.7 Å². The number of hydrogen-bond acceptors (Lipinski definition) is 4. The number of aliphatic hydroxyl groups excluding tert-OH is 1. The minimum Gasteiger partial charge on any atom is -0.497 e. The van der Waals surface area contributed by atoms with Gasteiger partial charge in [0.25, 0.3) is 0 Å². The van der Waals surface area contributed by atoms with Gasteiger partial charge in [0.1, 0.15) is 5.75 Å². The minimum atomic E-state index is -0.221. The third kappa shape index (κ3) is 3.89. The maximum atomic E-state index is 9.34. The molecule has 4 nitrogen and oxygen atoms in total. The predicted molar refractivity (Wildman–Crippen MR) is 75.4 cm³/mol. The summed E-state index contributed by atoms with van der Waals surface area (Å²) in [5.41, 5.74) is 0.924. The molecule has 0 aliphatic rings. The first kappa shape index (κ1) is 14.8. The van der Waals surface area contributed by atoms with Gasteiger partial charge in [0.05, 0.1) is 13.7 Å². The molecular formula is C14H24N2O2. The van der Waals surface area contributed by atoms with E-state index in [-0.39, 0.29) is 12.1 Å². The Morgan fingerprint density at radius 3 is 2.39 bits per heavy atom. The van der Waals surface area contributed by atoms with Crippen molar-refractivity contribution in [2.75, 3.05) is 39.3 Å². The van der Waals surface area contributed by atoms with Crippen molar-refractivity contribution in [2.24, 2.45) is 0 Å². The molecule has 0 saturated carbocycles. The molecule has 1 rings (SSSR count). The number of hydrogen-bond donors (Lipinski definition) is 2. The largest absolute Gasteiger partial charge is 0.497 e. The number of anilines is 1. The van der Waals surface area contributed by atoms with Gasteiger partial charge >= 0.3 is 0 Å². The molecule has 18 heavy (non-hydrogen) atoms. The maximum Gasteiger partial charge on any atom is 0.119 e. The summed E-state index contributed by atoms with van der Waals surface area (Å²) in [5.74, 6) is 0.863. The molecule has 0 saturated heterocycles. The van der Waals surface area contributed by atoms with Gasteiger partial charge in [-0.05, 0) is 44.7 Å². The van der Waals surface area contributed by atoms with Gasteiger partial charge < -0.3 is 20.1 Å². The summed E-state index contributed by atoms with van der Waals surface area (Å²) in [6, 6.07) is 7.98. The van der Waals surface area contributed by atoms with E-state index in [4.69, 9.17) is 4.74 Å². The van der Waals surface area contributed by atoms with Crippen LogP contribution in [0.15, 0.2) is 24.3 Å². The van der Waals surface area contributed by atoms with Crippen molar-refractivity contribution in [1.82, 2.24) is 5.32 Å².